The summed E-state index contributed by atoms with van der Waals surface area (Å²) in [7, 11) is 1.82. The number of benzene rings is 1. The Hall–Kier alpha value is -2.68. The van der Waals surface area contributed by atoms with Crippen LogP contribution >= 0.6 is 0 Å². The fourth-order valence-corrected chi connectivity index (χ4v) is 3.07. The highest BCUT2D eigenvalue weighted by molar-refractivity contribution is 5.73. The summed E-state index contributed by atoms with van der Waals surface area (Å²) in [4.78, 5) is 19.9. The largest absolute Gasteiger partial charge is 0.490 e. The highest BCUT2D eigenvalue weighted by atomic mass is 19.4. The zero-order chi connectivity index (χ0) is 20.6. The van der Waals surface area contributed by atoms with Gasteiger partial charge in [0, 0.05) is 38.5 Å². The van der Waals surface area contributed by atoms with Crippen molar-refractivity contribution in [2.75, 3.05) is 25.1 Å². The molecule has 28 heavy (non-hydrogen) atoms. The fourth-order valence-electron chi connectivity index (χ4n) is 3.07. The Labute approximate surface area is 161 Å². The highest BCUT2D eigenvalue weighted by Crippen LogP contribution is 2.25. The van der Waals surface area contributed by atoms with Gasteiger partial charge >= 0.3 is 12.1 Å². The lowest BCUT2D eigenvalue weighted by molar-refractivity contribution is -0.192. The van der Waals surface area contributed by atoms with Crippen LogP contribution in [0.1, 0.15) is 12.0 Å². The Balaban J connectivity index is 0.000000345. The van der Waals surface area contributed by atoms with Gasteiger partial charge in [-0.3, -0.25) is 0 Å². The quantitative estimate of drug-likeness (QED) is 0.854. The Bertz CT molecular complexity index is 729. The molecule has 0 radical (unpaired) electrons. The molecule has 0 amide bonds. The number of carbonyl (C=O) groups is 1. The Morgan fingerprint density at radius 3 is 2.36 bits per heavy atom. The van der Waals surface area contributed by atoms with E-state index in [9.17, 15) is 13.2 Å². The first-order valence-electron chi connectivity index (χ1n) is 8.70. The van der Waals surface area contributed by atoms with E-state index in [-0.39, 0.29) is 0 Å². The fraction of sp³-hybridized carbons (Fsp3) is 0.421. The van der Waals surface area contributed by atoms with Crippen LogP contribution in [0.4, 0.5) is 19.1 Å². The van der Waals surface area contributed by atoms with Gasteiger partial charge in [-0.2, -0.15) is 13.2 Å². The summed E-state index contributed by atoms with van der Waals surface area (Å²) in [5.74, 6) is -1.47. The zero-order valence-electron chi connectivity index (χ0n) is 15.3. The van der Waals surface area contributed by atoms with Crippen molar-refractivity contribution in [3.8, 4) is 0 Å². The smallest absolute Gasteiger partial charge is 0.475 e. The van der Waals surface area contributed by atoms with Crippen molar-refractivity contribution < 1.29 is 27.8 Å². The SMILES string of the molecule is CO[C@@H]1CCN(c2ncccn2)C[C@@H]1Cc1ccccc1.O=C(O)C(F)(F)F. The minimum atomic E-state index is -5.08. The molecule has 1 fully saturated rings. The molecule has 3 rings (SSSR count). The van der Waals surface area contributed by atoms with Gasteiger partial charge in [0.25, 0.3) is 0 Å². The minimum absolute atomic E-state index is 0.310. The summed E-state index contributed by atoms with van der Waals surface area (Å²) in [6.07, 6.45) is 0.883. The number of aromatic nitrogens is 2. The minimum Gasteiger partial charge on any atom is -0.475 e. The molecule has 1 saturated heterocycles. The summed E-state index contributed by atoms with van der Waals surface area (Å²) in [5.41, 5.74) is 1.36. The second-order valence-corrected chi connectivity index (χ2v) is 6.31. The number of nitrogens with zero attached hydrogens (tertiary/aromatic N) is 3. The predicted molar refractivity (Wildman–Crippen MR) is 97.0 cm³/mol. The molecule has 1 aromatic heterocycles. The molecule has 0 bridgehead atoms. The third kappa shape index (κ3) is 6.49. The Kier molecular flexibility index (Phi) is 7.74. The number of hydrogen-bond donors (Lipinski definition) is 1. The molecule has 2 atom stereocenters. The number of anilines is 1. The van der Waals surface area contributed by atoms with Crippen molar-refractivity contribution in [1.29, 1.82) is 0 Å². The first-order chi connectivity index (χ1) is 13.3. The Morgan fingerprint density at radius 1 is 1.21 bits per heavy atom. The van der Waals surface area contributed by atoms with E-state index >= 15 is 0 Å². The molecule has 0 spiro atoms. The number of aliphatic carboxylic acids is 1. The van der Waals surface area contributed by atoms with Gasteiger partial charge < -0.3 is 14.7 Å². The molecule has 9 heteroatoms. The molecule has 0 aliphatic carbocycles. The van der Waals surface area contributed by atoms with Crippen molar-refractivity contribution in [1.82, 2.24) is 9.97 Å². The standard InChI is InChI=1S/C17H21N3O.C2HF3O2/c1-21-16-8-11-20(17-18-9-5-10-19-17)13-15(16)12-14-6-3-2-4-7-14;3-2(4,5)1(6)7/h2-7,9-10,15-16H,8,11-13H2,1H3;(H,6,7)/t15-,16+;/m0./s1. The van der Waals surface area contributed by atoms with E-state index in [2.05, 4.69) is 45.2 Å². The maximum absolute atomic E-state index is 10.6. The average molecular weight is 397 g/mol. The van der Waals surface area contributed by atoms with E-state index < -0.39 is 12.1 Å². The molecule has 0 saturated carbocycles. The molecule has 152 valence electrons. The third-order valence-corrected chi connectivity index (χ3v) is 4.39. The maximum atomic E-state index is 10.6. The zero-order valence-corrected chi connectivity index (χ0v) is 15.3. The van der Waals surface area contributed by atoms with Crippen LogP contribution < -0.4 is 4.90 Å². The molecule has 6 nitrogen and oxygen atoms in total. The second kappa shape index (κ2) is 10.0. The predicted octanol–water partition coefficient (Wildman–Crippen LogP) is 3.19. The number of halogens is 3. The normalized spacial score (nSPS) is 19.5. The topological polar surface area (TPSA) is 75.5 Å². The van der Waals surface area contributed by atoms with Crippen LogP contribution in [-0.2, 0) is 16.0 Å². The van der Waals surface area contributed by atoms with E-state index in [1.54, 1.807) is 12.4 Å². The van der Waals surface area contributed by atoms with Crippen LogP contribution in [0, 0.1) is 5.92 Å². The van der Waals surface area contributed by atoms with Crippen molar-refractivity contribution >= 4 is 11.9 Å². The van der Waals surface area contributed by atoms with Gasteiger partial charge in [0.1, 0.15) is 0 Å². The van der Waals surface area contributed by atoms with Gasteiger partial charge in [0.15, 0.2) is 0 Å². The molecular weight excluding hydrogens is 375 g/mol. The van der Waals surface area contributed by atoms with Crippen LogP contribution in [0.2, 0.25) is 0 Å². The molecule has 1 N–H and O–H groups in total. The number of piperidine rings is 1. The van der Waals surface area contributed by atoms with Crippen LogP contribution in [-0.4, -0.2) is 53.5 Å². The van der Waals surface area contributed by atoms with E-state index in [4.69, 9.17) is 14.6 Å². The van der Waals surface area contributed by atoms with Crippen molar-refractivity contribution in [2.45, 2.75) is 25.1 Å². The lowest BCUT2D eigenvalue weighted by atomic mass is 9.88. The molecule has 1 aliphatic rings. The first kappa shape index (κ1) is 21.6. The van der Waals surface area contributed by atoms with Crippen LogP contribution in [0.5, 0.6) is 0 Å². The number of carboxylic acid groups (broad SMARTS) is 1. The summed E-state index contributed by atoms with van der Waals surface area (Å²) >= 11 is 0. The van der Waals surface area contributed by atoms with Crippen molar-refractivity contribution in [3.05, 3.63) is 54.4 Å². The lowest BCUT2D eigenvalue weighted by Crippen LogP contribution is -2.45. The van der Waals surface area contributed by atoms with Crippen molar-refractivity contribution in [2.24, 2.45) is 5.92 Å². The highest BCUT2D eigenvalue weighted by Gasteiger charge is 2.38. The Morgan fingerprint density at radius 2 is 1.82 bits per heavy atom. The summed E-state index contributed by atoms with van der Waals surface area (Å²) in [6, 6.07) is 12.5. The maximum Gasteiger partial charge on any atom is 0.490 e. The van der Waals surface area contributed by atoms with E-state index in [1.165, 1.54) is 5.56 Å². The number of carboxylic acids is 1. The summed E-state index contributed by atoms with van der Waals surface area (Å²) < 4.78 is 37.4. The molecule has 2 aromatic rings. The number of rotatable bonds is 4. The summed E-state index contributed by atoms with van der Waals surface area (Å²) in [6.45, 7) is 1.89. The lowest BCUT2D eigenvalue weighted by Gasteiger charge is -2.38. The third-order valence-electron chi connectivity index (χ3n) is 4.39. The van der Waals surface area contributed by atoms with E-state index in [0.29, 0.717) is 12.0 Å². The molecular formula is C19H22F3N3O3. The molecule has 1 aliphatic heterocycles. The molecule has 0 unspecified atom stereocenters. The number of alkyl halides is 3. The molecule has 1 aromatic carbocycles. The molecule has 2 heterocycles. The number of methoxy groups -OCH3 is 1. The van der Waals surface area contributed by atoms with E-state index in [1.807, 2.05) is 13.2 Å². The van der Waals surface area contributed by atoms with Crippen molar-refractivity contribution in [3.63, 3.8) is 0 Å². The second-order valence-electron chi connectivity index (χ2n) is 6.31. The first-order valence-corrected chi connectivity index (χ1v) is 8.70. The summed E-state index contributed by atoms with van der Waals surface area (Å²) in [5, 5.41) is 7.12. The van der Waals surface area contributed by atoms with Gasteiger partial charge in [-0.25, -0.2) is 14.8 Å². The van der Waals surface area contributed by atoms with Crippen LogP contribution in [0.3, 0.4) is 0 Å². The van der Waals surface area contributed by atoms with Gasteiger partial charge in [-0.05, 0) is 24.5 Å². The monoisotopic (exact) mass is 397 g/mol. The van der Waals surface area contributed by atoms with Crippen LogP contribution in [0.25, 0.3) is 0 Å². The number of ether oxygens (including phenoxy) is 1. The van der Waals surface area contributed by atoms with Gasteiger partial charge in [-0.1, -0.05) is 30.3 Å². The van der Waals surface area contributed by atoms with Gasteiger partial charge in [0.2, 0.25) is 5.95 Å². The number of hydrogen-bond acceptors (Lipinski definition) is 5. The average Bonchev–Trinajstić information content (AvgIpc) is 2.69. The van der Waals surface area contributed by atoms with Crippen LogP contribution in [0.15, 0.2) is 48.8 Å². The van der Waals surface area contributed by atoms with Gasteiger partial charge in [-0.15, -0.1) is 0 Å². The van der Waals surface area contributed by atoms with E-state index in [0.717, 1.165) is 31.9 Å². The van der Waals surface area contributed by atoms with Gasteiger partial charge in [0.05, 0.1) is 6.10 Å².